The SMILES string of the molecule is CCOc1ccc(CCNS(=O)(=O)c2cc(S(=O)(=O)c3ccc(F)cc3)ccc2C)cc1OC. The molecule has 0 fully saturated rings. The number of nitrogens with one attached hydrogen (secondary N) is 1. The Hall–Kier alpha value is -2.95. The summed E-state index contributed by atoms with van der Waals surface area (Å²) in [5.41, 5.74) is 1.24. The second-order valence-electron chi connectivity index (χ2n) is 7.45. The Bertz CT molecular complexity index is 1370. The molecule has 3 rings (SSSR count). The zero-order valence-corrected chi connectivity index (χ0v) is 20.7. The molecule has 0 radical (unpaired) electrons. The molecule has 10 heteroatoms. The first-order chi connectivity index (χ1) is 16.1. The van der Waals surface area contributed by atoms with Gasteiger partial charge in [0.1, 0.15) is 5.82 Å². The summed E-state index contributed by atoms with van der Waals surface area (Å²) in [6.07, 6.45) is 0.384. The molecule has 3 aromatic rings. The predicted molar refractivity (Wildman–Crippen MR) is 126 cm³/mol. The third-order valence-electron chi connectivity index (χ3n) is 5.12. The van der Waals surface area contributed by atoms with E-state index < -0.39 is 25.7 Å². The van der Waals surface area contributed by atoms with E-state index in [1.807, 2.05) is 13.0 Å². The van der Waals surface area contributed by atoms with E-state index in [1.54, 1.807) is 19.1 Å². The molecule has 182 valence electrons. The van der Waals surface area contributed by atoms with Gasteiger partial charge in [-0.15, -0.1) is 0 Å². The summed E-state index contributed by atoms with van der Waals surface area (Å²) < 4.78 is 78.3. The summed E-state index contributed by atoms with van der Waals surface area (Å²) >= 11 is 0. The highest BCUT2D eigenvalue weighted by molar-refractivity contribution is 7.91. The highest BCUT2D eigenvalue weighted by Crippen LogP contribution is 2.28. The summed E-state index contributed by atoms with van der Waals surface area (Å²) in [5, 5.41) is 0. The highest BCUT2D eigenvalue weighted by atomic mass is 32.2. The number of sulfone groups is 1. The van der Waals surface area contributed by atoms with Gasteiger partial charge in [0.05, 0.1) is 28.4 Å². The van der Waals surface area contributed by atoms with Crippen molar-refractivity contribution in [3.63, 3.8) is 0 Å². The van der Waals surface area contributed by atoms with Crippen molar-refractivity contribution in [2.75, 3.05) is 20.3 Å². The maximum Gasteiger partial charge on any atom is 0.240 e. The largest absolute Gasteiger partial charge is 0.493 e. The van der Waals surface area contributed by atoms with Crippen molar-refractivity contribution in [2.24, 2.45) is 0 Å². The molecule has 0 bridgehead atoms. The van der Waals surface area contributed by atoms with Crippen LogP contribution in [0.3, 0.4) is 0 Å². The standard InChI is InChI=1S/C24H26FNO6S2/c1-4-32-22-12-6-18(15-23(22)31-3)13-14-26-34(29,30)24-16-21(9-5-17(24)2)33(27,28)20-10-7-19(25)8-11-20/h5-12,15-16,26H,4,13-14H2,1-3H3. The number of halogens is 1. The first-order valence-electron chi connectivity index (χ1n) is 10.5. The molecule has 1 N–H and O–H groups in total. The van der Waals surface area contributed by atoms with Crippen LogP contribution >= 0.6 is 0 Å². The molecule has 0 spiro atoms. The average Bonchev–Trinajstić information content (AvgIpc) is 2.80. The van der Waals surface area contributed by atoms with Crippen LogP contribution in [0.1, 0.15) is 18.1 Å². The second kappa shape index (κ2) is 10.5. The van der Waals surface area contributed by atoms with Gasteiger partial charge in [0, 0.05) is 6.54 Å². The van der Waals surface area contributed by atoms with E-state index in [1.165, 1.54) is 19.2 Å². The van der Waals surface area contributed by atoms with Crippen LogP contribution in [0.4, 0.5) is 4.39 Å². The van der Waals surface area contributed by atoms with Gasteiger partial charge in [-0.2, -0.15) is 0 Å². The van der Waals surface area contributed by atoms with Crippen molar-refractivity contribution >= 4 is 19.9 Å². The topological polar surface area (TPSA) is 98.8 Å². The Morgan fingerprint density at radius 2 is 1.56 bits per heavy atom. The summed E-state index contributed by atoms with van der Waals surface area (Å²) in [4.78, 5) is -0.459. The fourth-order valence-corrected chi connectivity index (χ4v) is 6.00. The van der Waals surface area contributed by atoms with E-state index in [0.29, 0.717) is 30.1 Å². The predicted octanol–water partition coefficient (Wildman–Crippen LogP) is 3.90. The molecule has 0 aliphatic carbocycles. The second-order valence-corrected chi connectivity index (χ2v) is 11.1. The number of aryl methyl sites for hydroxylation is 1. The van der Waals surface area contributed by atoms with Crippen molar-refractivity contribution in [3.05, 3.63) is 77.6 Å². The quantitative estimate of drug-likeness (QED) is 0.418. The Morgan fingerprint density at radius 3 is 2.21 bits per heavy atom. The van der Waals surface area contributed by atoms with Crippen molar-refractivity contribution in [1.29, 1.82) is 0 Å². The van der Waals surface area contributed by atoms with E-state index in [-0.39, 0.29) is 21.2 Å². The number of hydrogen-bond acceptors (Lipinski definition) is 6. The molecule has 0 aromatic heterocycles. The fraction of sp³-hybridized carbons (Fsp3) is 0.250. The van der Waals surface area contributed by atoms with E-state index in [2.05, 4.69) is 4.72 Å². The Balaban J connectivity index is 1.79. The average molecular weight is 508 g/mol. The van der Waals surface area contributed by atoms with Gasteiger partial charge in [-0.1, -0.05) is 12.1 Å². The van der Waals surface area contributed by atoms with Gasteiger partial charge in [0.15, 0.2) is 11.5 Å². The van der Waals surface area contributed by atoms with Gasteiger partial charge in [-0.3, -0.25) is 0 Å². The number of ether oxygens (including phenoxy) is 2. The van der Waals surface area contributed by atoms with Crippen molar-refractivity contribution < 1.29 is 30.7 Å². The lowest BCUT2D eigenvalue weighted by molar-refractivity contribution is 0.310. The van der Waals surface area contributed by atoms with Crippen LogP contribution in [0.5, 0.6) is 11.5 Å². The van der Waals surface area contributed by atoms with E-state index in [4.69, 9.17) is 9.47 Å². The summed E-state index contributed by atoms with van der Waals surface area (Å²) in [6, 6.07) is 13.6. The molecule has 0 aliphatic rings. The molecule has 0 saturated heterocycles. The van der Waals surface area contributed by atoms with Gasteiger partial charge in [-0.25, -0.2) is 25.9 Å². The molecule has 0 heterocycles. The molecular weight excluding hydrogens is 481 g/mol. The summed E-state index contributed by atoms with van der Waals surface area (Å²) in [7, 11) is -6.49. The van der Waals surface area contributed by atoms with E-state index in [9.17, 15) is 21.2 Å². The van der Waals surface area contributed by atoms with E-state index in [0.717, 1.165) is 35.9 Å². The fourth-order valence-electron chi connectivity index (χ4n) is 3.34. The maximum atomic E-state index is 13.2. The van der Waals surface area contributed by atoms with Crippen LogP contribution < -0.4 is 14.2 Å². The van der Waals surface area contributed by atoms with Gasteiger partial charge in [-0.05, 0) is 79.9 Å². The van der Waals surface area contributed by atoms with Gasteiger partial charge < -0.3 is 9.47 Å². The lowest BCUT2D eigenvalue weighted by Gasteiger charge is -2.13. The minimum absolute atomic E-state index is 0.0911. The minimum Gasteiger partial charge on any atom is -0.493 e. The summed E-state index contributed by atoms with van der Waals surface area (Å²) in [6.45, 7) is 4.03. The molecule has 0 atom stereocenters. The van der Waals surface area contributed by atoms with Crippen molar-refractivity contribution in [2.45, 2.75) is 35.0 Å². The van der Waals surface area contributed by atoms with Crippen molar-refractivity contribution in [3.8, 4) is 11.5 Å². The smallest absolute Gasteiger partial charge is 0.240 e. The van der Waals surface area contributed by atoms with Gasteiger partial charge in [0.2, 0.25) is 19.9 Å². The normalized spacial score (nSPS) is 11.9. The van der Waals surface area contributed by atoms with Crippen LogP contribution in [-0.2, 0) is 26.3 Å². The molecule has 34 heavy (non-hydrogen) atoms. The lowest BCUT2D eigenvalue weighted by atomic mass is 10.1. The zero-order valence-electron chi connectivity index (χ0n) is 19.0. The van der Waals surface area contributed by atoms with Crippen LogP contribution in [0, 0.1) is 12.7 Å². The summed E-state index contributed by atoms with van der Waals surface area (Å²) in [5.74, 6) is 0.585. The lowest BCUT2D eigenvalue weighted by Crippen LogP contribution is -2.27. The number of hydrogen-bond donors (Lipinski definition) is 1. The number of benzene rings is 3. The minimum atomic E-state index is -4.02. The van der Waals surface area contributed by atoms with Gasteiger partial charge >= 0.3 is 0 Å². The van der Waals surface area contributed by atoms with Crippen LogP contribution in [0.25, 0.3) is 0 Å². The zero-order chi connectivity index (χ0) is 24.9. The Labute approximate surface area is 199 Å². The Kier molecular flexibility index (Phi) is 7.96. The van der Waals surface area contributed by atoms with Crippen LogP contribution in [-0.4, -0.2) is 37.1 Å². The van der Waals surface area contributed by atoms with Gasteiger partial charge in [0.25, 0.3) is 0 Å². The Morgan fingerprint density at radius 1 is 0.882 bits per heavy atom. The first-order valence-corrected chi connectivity index (χ1v) is 13.5. The van der Waals surface area contributed by atoms with Crippen molar-refractivity contribution in [1.82, 2.24) is 4.72 Å². The third-order valence-corrected chi connectivity index (χ3v) is 8.49. The van der Waals surface area contributed by atoms with Crippen LogP contribution in [0.2, 0.25) is 0 Å². The van der Waals surface area contributed by atoms with E-state index >= 15 is 0 Å². The molecule has 0 saturated carbocycles. The van der Waals surface area contributed by atoms with Crippen LogP contribution in [0.15, 0.2) is 75.4 Å². The first kappa shape index (κ1) is 25.7. The number of sulfonamides is 1. The monoisotopic (exact) mass is 507 g/mol. The molecule has 0 unspecified atom stereocenters. The molecule has 0 aliphatic heterocycles. The molecule has 3 aromatic carbocycles. The number of methoxy groups -OCH3 is 1. The highest BCUT2D eigenvalue weighted by Gasteiger charge is 2.23. The maximum absolute atomic E-state index is 13.2. The molecule has 0 amide bonds. The molecular formula is C24H26FNO6S2. The number of rotatable bonds is 10. The molecule has 7 nitrogen and oxygen atoms in total. The third kappa shape index (κ3) is 5.75.